The molecule has 1 amide bonds. The van der Waals surface area contributed by atoms with Crippen molar-refractivity contribution in [3.8, 4) is 0 Å². The minimum Gasteiger partial charge on any atom is -0.346 e. The van der Waals surface area contributed by atoms with Gasteiger partial charge in [0.05, 0.1) is 17.9 Å². The van der Waals surface area contributed by atoms with Crippen LogP contribution in [0.4, 0.5) is 0 Å². The van der Waals surface area contributed by atoms with Crippen molar-refractivity contribution in [2.75, 3.05) is 0 Å². The van der Waals surface area contributed by atoms with E-state index in [2.05, 4.69) is 26.3 Å². The van der Waals surface area contributed by atoms with Crippen LogP contribution in [0.1, 0.15) is 21.7 Å². The number of amides is 1. The highest BCUT2D eigenvalue weighted by Crippen LogP contribution is 2.11. The fraction of sp³-hybridized carbons (Fsp3) is 0.231. The molecule has 1 N–H and O–H groups in total. The number of aromatic nitrogens is 2. The summed E-state index contributed by atoms with van der Waals surface area (Å²) in [5.41, 5.74) is 2.57. The summed E-state index contributed by atoms with van der Waals surface area (Å²) in [6.45, 7) is 2.41. The maximum Gasteiger partial charge on any atom is 0.251 e. The minimum absolute atomic E-state index is 0.0878. The summed E-state index contributed by atoms with van der Waals surface area (Å²) in [5, 5.41) is 7.11. The quantitative estimate of drug-likeness (QED) is 0.946. The summed E-state index contributed by atoms with van der Waals surface area (Å²) >= 11 is 3.35. The second kappa shape index (κ2) is 5.35. The van der Waals surface area contributed by atoms with E-state index < -0.39 is 0 Å². The molecule has 0 saturated carbocycles. The summed E-state index contributed by atoms with van der Waals surface area (Å²) in [6, 6.07) is 9.27. The molecule has 18 heavy (non-hydrogen) atoms. The van der Waals surface area contributed by atoms with Gasteiger partial charge in [0.25, 0.3) is 5.91 Å². The molecule has 0 radical (unpaired) electrons. The summed E-state index contributed by atoms with van der Waals surface area (Å²) < 4.78 is 2.67. The lowest BCUT2D eigenvalue weighted by atomic mass is 10.2. The highest BCUT2D eigenvalue weighted by Gasteiger charge is 2.07. The first-order valence-electron chi connectivity index (χ1n) is 5.59. The number of aryl methyl sites for hydroxylation is 2. The topological polar surface area (TPSA) is 46.9 Å². The van der Waals surface area contributed by atoms with E-state index in [0.717, 1.165) is 15.9 Å². The van der Waals surface area contributed by atoms with Crippen LogP contribution in [0.3, 0.4) is 0 Å². The third-order valence-corrected chi connectivity index (χ3v) is 3.11. The summed E-state index contributed by atoms with van der Waals surface area (Å²) in [6.07, 6.45) is 0. The van der Waals surface area contributed by atoms with Crippen molar-refractivity contribution >= 4 is 21.8 Å². The molecule has 0 fully saturated rings. The molecular weight excluding hydrogens is 294 g/mol. The first-order chi connectivity index (χ1) is 8.56. The first-order valence-corrected chi connectivity index (χ1v) is 6.39. The van der Waals surface area contributed by atoms with E-state index in [-0.39, 0.29) is 5.91 Å². The lowest BCUT2D eigenvalue weighted by Gasteiger charge is -2.05. The largest absolute Gasteiger partial charge is 0.346 e. The zero-order chi connectivity index (χ0) is 13.1. The fourth-order valence-electron chi connectivity index (χ4n) is 1.73. The lowest BCUT2D eigenvalue weighted by molar-refractivity contribution is 0.0950. The van der Waals surface area contributed by atoms with Crippen LogP contribution in [-0.4, -0.2) is 15.7 Å². The molecule has 0 atom stereocenters. The molecule has 94 valence electrons. The molecule has 1 heterocycles. The Morgan fingerprint density at radius 1 is 1.44 bits per heavy atom. The van der Waals surface area contributed by atoms with E-state index in [4.69, 9.17) is 0 Å². The third kappa shape index (κ3) is 2.98. The van der Waals surface area contributed by atoms with Crippen LogP contribution < -0.4 is 5.32 Å². The monoisotopic (exact) mass is 307 g/mol. The van der Waals surface area contributed by atoms with Crippen LogP contribution >= 0.6 is 15.9 Å². The zero-order valence-electron chi connectivity index (χ0n) is 10.3. The van der Waals surface area contributed by atoms with Gasteiger partial charge in [-0.2, -0.15) is 5.10 Å². The van der Waals surface area contributed by atoms with Gasteiger partial charge in [0, 0.05) is 17.1 Å². The van der Waals surface area contributed by atoms with Crippen molar-refractivity contribution < 1.29 is 4.79 Å². The molecule has 0 saturated heterocycles. The molecule has 1 aromatic heterocycles. The number of nitrogens with zero attached hydrogens (tertiary/aromatic N) is 2. The average molecular weight is 308 g/mol. The smallest absolute Gasteiger partial charge is 0.251 e. The van der Waals surface area contributed by atoms with E-state index >= 15 is 0 Å². The summed E-state index contributed by atoms with van der Waals surface area (Å²) in [7, 11) is 1.87. The van der Waals surface area contributed by atoms with Crippen molar-refractivity contribution in [2.45, 2.75) is 13.5 Å². The Kier molecular flexibility index (Phi) is 3.81. The number of rotatable bonds is 3. The molecule has 1 aromatic carbocycles. The van der Waals surface area contributed by atoms with Crippen LogP contribution in [-0.2, 0) is 13.6 Å². The third-order valence-electron chi connectivity index (χ3n) is 2.62. The van der Waals surface area contributed by atoms with E-state index in [0.29, 0.717) is 12.1 Å². The number of carbonyl (C=O) groups excluding carboxylic acids is 1. The van der Waals surface area contributed by atoms with Crippen molar-refractivity contribution in [3.05, 3.63) is 51.8 Å². The van der Waals surface area contributed by atoms with Gasteiger partial charge in [0.1, 0.15) is 0 Å². The molecule has 2 rings (SSSR count). The predicted molar refractivity (Wildman–Crippen MR) is 73.3 cm³/mol. The Hall–Kier alpha value is -1.62. The van der Waals surface area contributed by atoms with Gasteiger partial charge in [0.2, 0.25) is 0 Å². The summed E-state index contributed by atoms with van der Waals surface area (Å²) in [4.78, 5) is 11.9. The van der Waals surface area contributed by atoms with Crippen LogP contribution in [0, 0.1) is 6.92 Å². The van der Waals surface area contributed by atoms with Gasteiger partial charge in [-0.3, -0.25) is 9.48 Å². The lowest BCUT2D eigenvalue weighted by Crippen LogP contribution is -2.23. The number of benzene rings is 1. The maximum atomic E-state index is 11.9. The number of halogens is 1. The SMILES string of the molecule is Cc1cc(CNC(=O)c2cccc(Br)c2)n(C)n1. The fourth-order valence-corrected chi connectivity index (χ4v) is 2.13. The molecule has 0 bridgehead atoms. The normalized spacial score (nSPS) is 10.4. The number of hydrogen-bond acceptors (Lipinski definition) is 2. The molecule has 4 nitrogen and oxygen atoms in total. The predicted octanol–water partition coefficient (Wildman–Crippen LogP) is 2.42. The first kappa shape index (κ1) is 12.8. The van der Waals surface area contributed by atoms with E-state index in [9.17, 15) is 4.79 Å². The molecule has 0 aliphatic heterocycles. The van der Waals surface area contributed by atoms with Crippen LogP contribution in [0.5, 0.6) is 0 Å². The van der Waals surface area contributed by atoms with Gasteiger partial charge < -0.3 is 5.32 Å². The number of carbonyl (C=O) groups is 1. The number of nitrogens with one attached hydrogen (secondary N) is 1. The van der Waals surface area contributed by atoms with Crippen molar-refractivity contribution in [2.24, 2.45) is 7.05 Å². The second-order valence-electron chi connectivity index (χ2n) is 4.09. The van der Waals surface area contributed by atoms with Gasteiger partial charge in [-0.15, -0.1) is 0 Å². The molecule has 0 spiro atoms. The van der Waals surface area contributed by atoms with Gasteiger partial charge in [-0.05, 0) is 31.2 Å². The molecule has 2 aromatic rings. The van der Waals surface area contributed by atoms with Crippen molar-refractivity contribution in [1.29, 1.82) is 0 Å². The van der Waals surface area contributed by atoms with Gasteiger partial charge in [-0.25, -0.2) is 0 Å². The Bertz CT molecular complexity index is 577. The Morgan fingerprint density at radius 2 is 2.22 bits per heavy atom. The average Bonchev–Trinajstić information content (AvgIpc) is 2.65. The molecule has 0 unspecified atom stereocenters. The van der Waals surface area contributed by atoms with Crippen molar-refractivity contribution in [3.63, 3.8) is 0 Å². The second-order valence-corrected chi connectivity index (χ2v) is 5.01. The Balaban J connectivity index is 2.02. The molecular formula is C13H14BrN3O. The van der Waals surface area contributed by atoms with Gasteiger partial charge in [0.15, 0.2) is 0 Å². The van der Waals surface area contributed by atoms with E-state index in [1.54, 1.807) is 16.8 Å². The number of hydrogen-bond donors (Lipinski definition) is 1. The summed E-state index contributed by atoms with van der Waals surface area (Å²) in [5.74, 6) is -0.0878. The molecule has 5 heteroatoms. The van der Waals surface area contributed by atoms with Crippen LogP contribution in [0.2, 0.25) is 0 Å². The minimum atomic E-state index is -0.0878. The maximum absolute atomic E-state index is 11.9. The van der Waals surface area contributed by atoms with E-state index in [1.807, 2.05) is 32.2 Å². The van der Waals surface area contributed by atoms with Crippen LogP contribution in [0.15, 0.2) is 34.8 Å². The molecule has 0 aliphatic carbocycles. The van der Waals surface area contributed by atoms with Crippen LogP contribution in [0.25, 0.3) is 0 Å². The zero-order valence-corrected chi connectivity index (χ0v) is 11.9. The van der Waals surface area contributed by atoms with Gasteiger partial charge >= 0.3 is 0 Å². The Labute approximate surface area is 114 Å². The van der Waals surface area contributed by atoms with Gasteiger partial charge in [-0.1, -0.05) is 22.0 Å². The highest BCUT2D eigenvalue weighted by atomic mass is 79.9. The molecule has 0 aliphatic rings. The standard InChI is InChI=1S/C13H14BrN3O/c1-9-6-12(17(2)16-9)8-15-13(18)10-4-3-5-11(14)7-10/h3-7H,8H2,1-2H3,(H,15,18). The van der Waals surface area contributed by atoms with Crippen molar-refractivity contribution in [1.82, 2.24) is 15.1 Å². The van der Waals surface area contributed by atoms with E-state index in [1.165, 1.54) is 0 Å². The Morgan fingerprint density at radius 3 is 2.83 bits per heavy atom. The highest BCUT2D eigenvalue weighted by molar-refractivity contribution is 9.10.